The molecule has 0 radical (unpaired) electrons. The summed E-state index contributed by atoms with van der Waals surface area (Å²) >= 11 is 0. The second-order valence-corrected chi connectivity index (χ2v) is 12.0. The zero-order chi connectivity index (χ0) is 20.2. The fourth-order valence-electron chi connectivity index (χ4n) is 8.84. The van der Waals surface area contributed by atoms with Crippen molar-refractivity contribution in [1.82, 2.24) is 0 Å². The molecule has 2 heteroatoms. The highest BCUT2D eigenvalue weighted by molar-refractivity contribution is 5.87. The first-order chi connectivity index (χ1) is 13.9. The summed E-state index contributed by atoms with van der Waals surface area (Å²) in [6.07, 6.45) is 19.7. The maximum Gasteiger partial charge on any atom is 0.139 e. The van der Waals surface area contributed by atoms with Crippen molar-refractivity contribution in [1.29, 1.82) is 0 Å². The second-order valence-electron chi connectivity index (χ2n) is 12.0. The highest BCUT2D eigenvalue weighted by atomic mass is 16.3. The topological polar surface area (TPSA) is 37.3 Å². The Morgan fingerprint density at radius 2 is 1.83 bits per heavy atom. The van der Waals surface area contributed by atoms with E-state index in [4.69, 9.17) is 0 Å². The Labute approximate surface area is 177 Å². The Morgan fingerprint density at radius 1 is 1.03 bits per heavy atom. The van der Waals surface area contributed by atoms with E-state index >= 15 is 0 Å². The van der Waals surface area contributed by atoms with E-state index in [1.807, 2.05) is 0 Å². The minimum absolute atomic E-state index is 0.0836. The number of ketones is 1. The molecule has 4 fully saturated rings. The SMILES string of the molecule is C[C@]12CC=C(CCC3CCCCC3)CC1C(O)CC1C2CC[C@]2(C)C(=O)CCC12. The van der Waals surface area contributed by atoms with Gasteiger partial charge in [-0.25, -0.2) is 0 Å². The lowest BCUT2D eigenvalue weighted by atomic mass is 9.45. The minimum atomic E-state index is -0.169. The van der Waals surface area contributed by atoms with Crippen LogP contribution in [-0.4, -0.2) is 17.0 Å². The average Bonchev–Trinajstić information content (AvgIpc) is 3.03. The number of carbonyl (C=O) groups is 1. The van der Waals surface area contributed by atoms with E-state index in [2.05, 4.69) is 19.9 Å². The van der Waals surface area contributed by atoms with Crippen LogP contribution in [0.4, 0.5) is 0 Å². The molecule has 0 amide bonds. The van der Waals surface area contributed by atoms with Crippen molar-refractivity contribution in [3.63, 3.8) is 0 Å². The van der Waals surface area contributed by atoms with E-state index in [9.17, 15) is 9.90 Å². The van der Waals surface area contributed by atoms with Crippen LogP contribution in [0.2, 0.25) is 0 Å². The summed E-state index contributed by atoms with van der Waals surface area (Å²) in [5.74, 6) is 3.70. The molecule has 5 aliphatic carbocycles. The van der Waals surface area contributed by atoms with E-state index < -0.39 is 0 Å². The highest BCUT2D eigenvalue weighted by Crippen LogP contribution is 2.65. The molecule has 2 nitrogen and oxygen atoms in total. The molecule has 0 aromatic heterocycles. The fourth-order valence-corrected chi connectivity index (χ4v) is 8.84. The third kappa shape index (κ3) is 3.27. The van der Waals surface area contributed by atoms with E-state index in [-0.39, 0.29) is 16.9 Å². The molecule has 5 unspecified atom stereocenters. The number of hydrogen-bond donors (Lipinski definition) is 1. The summed E-state index contributed by atoms with van der Waals surface area (Å²) in [5.41, 5.74) is 1.80. The number of rotatable bonds is 3. The van der Waals surface area contributed by atoms with Gasteiger partial charge in [0.25, 0.3) is 0 Å². The molecule has 5 aliphatic rings. The Kier molecular flexibility index (Phi) is 5.25. The predicted molar refractivity (Wildman–Crippen MR) is 117 cm³/mol. The number of fused-ring (bicyclic) bond motifs is 5. The standard InChI is InChI=1S/C27H42O2/c1-26-14-12-19(9-8-18-6-4-3-5-7-18)16-23(26)24(28)17-20-21-10-11-25(29)27(21,2)15-13-22(20)26/h12,18,20-24,28H,3-11,13-17H2,1-2H3/t20?,21?,22?,23?,24?,26-,27+/m1/s1. The summed E-state index contributed by atoms with van der Waals surface area (Å²) in [6, 6.07) is 0. The van der Waals surface area contributed by atoms with Gasteiger partial charge in [0.1, 0.15) is 5.78 Å². The van der Waals surface area contributed by atoms with Gasteiger partial charge in [-0.05, 0) is 86.4 Å². The van der Waals surface area contributed by atoms with Gasteiger partial charge in [-0.15, -0.1) is 0 Å². The first-order valence-electron chi connectivity index (χ1n) is 12.8. The molecule has 5 rings (SSSR count). The Balaban J connectivity index is 1.31. The van der Waals surface area contributed by atoms with Crippen LogP contribution >= 0.6 is 0 Å². The molecular weight excluding hydrogens is 356 g/mol. The molecule has 1 N–H and O–H groups in total. The molecule has 0 spiro atoms. The fraction of sp³-hybridized carbons (Fsp3) is 0.889. The van der Waals surface area contributed by atoms with Crippen molar-refractivity contribution < 1.29 is 9.90 Å². The van der Waals surface area contributed by atoms with Gasteiger partial charge in [-0.2, -0.15) is 0 Å². The van der Waals surface area contributed by atoms with Crippen molar-refractivity contribution in [3.8, 4) is 0 Å². The third-order valence-corrected chi connectivity index (χ3v) is 10.7. The smallest absolute Gasteiger partial charge is 0.139 e. The lowest BCUT2D eigenvalue weighted by Gasteiger charge is -2.60. The molecule has 0 aromatic carbocycles. The van der Waals surface area contributed by atoms with Crippen LogP contribution in [0.25, 0.3) is 0 Å². The molecule has 0 bridgehead atoms. The monoisotopic (exact) mass is 398 g/mol. The lowest BCUT2D eigenvalue weighted by molar-refractivity contribution is -0.151. The number of allylic oxidation sites excluding steroid dienone is 2. The Morgan fingerprint density at radius 3 is 2.62 bits per heavy atom. The van der Waals surface area contributed by atoms with Crippen LogP contribution < -0.4 is 0 Å². The van der Waals surface area contributed by atoms with Crippen molar-refractivity contribution in [2.24, 2.45) is 40.4 Å². The van der Waals surface area contributed by atoms with Gasteiger partial charge >= 0.3 is 0 Å². The summed E-state index contributed by atoms with van der Waals surface area (Å²) in [4.78, 5) is 12.6. The van der Waals surface area contributed by atoms with Gasteiger partial charge in [0, 0.05) is 11.8 Å². The Bertz CT molecular complexity index is 674. The third-order valence-electron chi connectivity index (χ3n) is 10.7. The number of Topliss-reactive ketones (excluding diaryl/α,β-unsaturated/α-hetero) is 1. The van der Waals surface area contributed by atoms with E-state index in [0.29, 0.717) is 29.5 Å². The van der Waals surface area contributed by atoms with Crippen molar-refractivity contribution in [3.05, 3.63) is 11.6 Å². The van der Waals surface area contributed by atoms with Crippen molar-refractivity contribution >= 4 is 5.78 Å². The summed E-state index contributed by atoms with van der Waals surface area (Å²) < 4.78 is 0. The van der Waals surface area contributed by atoms with Crippen LogP contribution in [0.1, 0.15) is 104 Å². The van der Waals surface area contributed by atoms with E-state index in [1.54, 1.807) is 5.57 Å². The van der Waals surface area contributed by atoms with Gasteiger partial charge in [0.2, 0.25) is 0 Å². The summed E-state index contributed by atoms with van der Waals surface area (Å²) in [7, 11) is 0. The maximum absolute atomic E-state index is 12.6. The molecule has 0 heterocycles. The van der Waals surface area contributed by atoms with Crippen molar-refractivity contribution in [2.75, 3.05) is 0 Å². The highest BCUT2D eigenvalue weighted by Gasteiger charge is 2.61. The minimum Gasteiger partial charge on any atom is -0.393 e. The van der Waals surface area contributed by atoms with Gasteiger partial charge in [0.15, 0.2) is 0 Å². The zero-order valence-electron chi connectivity index (χ0n) is 18.8. The van der Waals surface area contributed by atoms with Gasteiger partial charge in [-0.3, -0.25) is 4.79 Å². The molecule has 0 aromatic rings. The molecule has 0 aliphatic heterocycles. The number of aliphatic hydroxyl groups excluding tert-OH is 1. The first-order valence-corrected chi connectivity index (χ1v) is 12.8. The number of aliphatic hydroxyl groups is 1. The molecule has 4 saturated carbocycles. The molecular formula is C27H42O2. The van der Waals surface area contributed by atoms with E-state index in [0.717, 1.165) is 44.4 Å². The van der Waals surface area contributed by atoms with Crippen LogP contribution in [0, 0.1) is 40.4 Å². The molecule has 0 saturated heterocycles. The number of hydrogen-bond acceptors (Lipinski definition) is 2. The predicted octanol–water partition coefficient (Wildman–Crippen LogP) is 6.47. The van der Waals surface area contributed by atoms with Crippen LogP contribution in [-0.2, 0) is 4.79 Å². The second kappa shape index (κ2) is 7.50. The summed E-state index contributed by atoms with van der Waals surface area (Å²) in [6.45, 7) is 4.74. The van der Waals surface area contributed by atoms with Crippen molar-refractivity contribution in [2.45, 2.75) is 110 Å². The summed E-state index contributed by atoms with van der Waals surface area (Å²) in [5, 5.41) is 11.3. The molecule has 29 heavy (non-hydrogen) atoms. The Hall–Kier alpha value is -0.630. The van der Waals surface area contributed by atoms with Crippen LogP contribution in [0.3, 0.4) is 0 Å². The quantitative estimate of drug-likeness (QED) is 0.553. The first kappa shape index (κ1) is 20.3. The van der Waals surface area contributed by atoms with Gasteiger partial charge < -0.3 is 5.11 Å². The molecule has 7 atom stereocenters. The normalized spacial score (nSPS) is 47.9. The van der Waals surface area contributed by atoms with Gasteiger partial charge in [-0.1, -0.05) is 57.6 Å². The zero-order valence-corrected chi connectivity index (χ0v) is 18.8. The van der Waals surface area contributed by atoms with Gasteiger partial charge in [0.05, 0.1) is 6.10 Å². The van der Waals surface area contributed by atoms with Crippen LogP contribution in [0.5, 0.6) is 0 Å². The maximum atomic E-state index is 12.6. The number of carbonyl (C=O) groups excluding carboxylic acids is 1. The molecule has 162 valence electrons. The van der Waals surface area contributed by atoms with E-state index in [1.165, 1.54) is 51.4 Å². The van der Waals surface area contributed by atoms with Crippen LogP contribution in [0.15, 0.2) is 11.6 Å². The lowest BCUT2D eigenvalue weighted by Crippen LogP contribution is -2.56. The average molecular weight is 399 g/mol. The largest absolute Gasteiger partial charge is 0.393 e.